The van der Waals surface area contributed by atoms with Gasteiger partial charge in [0.2, 0.25) is 0 Å². The van der Waals surface area contributed by atoms with Crippen LogP contribution in [0.2, 0.25) is 0 Å². The number of aliphatic hydroxyl groups is 1. The van der Waals surface area contributed by atoms with Gasteiger partial charge in [-0.15, -0.1) is 0 Å². The van der Waals surface area contributed by atoms with Crippen molar-refractivity contribution in [2.24, 2.45) is 23.7 Å². The van der Waals surface area contributed by atoms with E-state index in [1.807, 2.05) is 0 Å². The SMILES string of the molecule is CCC(C)CCCCCCCCCCCCC(=O)O[C@H](COC(=O)CCCCCCCCC(C)C)COP(=O)(O)OC[C@H](O)COP(=O)(O)OC[C@@H](COC(=O)CCCCCCCCCCCCCCCCCCC(C)C)OC(=O)CCCCCCCCCCCCC(C)C. The minimum Gasteiger partial charge on any atom is -0.462 e. The summed E-state index contributed by atoms with van der Waals surface area (Å²) in [6.45, 7) is 14.2. The lowest BCUT2D eigenvalue weighted by Crippen LogP contribution is -2.30. The second-order valence-corrected chi connectivity index (χ2v) is 32.0. The van der Waals surface area contributed by atoms with Crippen LogP contribution in [0, 0.1) is 23.7 Å². The Balaban J connectivity index is 5.21. The van der Waals surface area contributed by atoms with E-state index in [0.717, 1.165) is 114 Å². The third-order valence-corrected chi connectivity index (χ3v) is 19.8. The van der Waals surface area contributed by atoms with Crippen molar-refractivity contribution in [2.45, 2.75) is 401 Å². The van der Waals surface area contributed by atoms with Gasteiger partial charge in [-0.2, -0.15) is 0 Å². The number of hydrogen-bond donors (Lipinski definition) is 3. The summed E-state index contributed by atoms with van der Waals surface area (Å²) < 4.78 is 68.5. The minimum atomic E-state index is -4.96. The van der Waals surface area contributed by atoms with Crippen molar-refractivity contribution in [1.82, 2.24) is 0 Å². The highest BCUT2D eigenvalue weighted by Crippen LogP contribution is 2.45. The van der Waals surface area contributed by atoms with Crippen molar-refractivity contribution in [3.63, 3.8) is 0 Å². The quantitative estimate of drug-likeness (QED) is 0.0222. The first kappa shape index (κ1) is 93.1. The van der Waals surface area contributed by atoms with E-state index in [9.17, 15) is 43.2 Å². The Kier molecular flexibility index (Phi) is 64.0. The molecule has 0 spiro atoms. The molecule has 19 heteroatoms. The Morgan fingerprint density at radius 2 is 0.505 bits per heavy atom. The number of phosphoric ester groups is 2. The first-order valence-electron chi connectivity index (χ1n) is 39.2. The molecule has 0 aromatic rings. The number of rotatable bonds is 73. The van der Waals surface area contributed by atoms with Crippen LogP contribution in [0.1, 0.15) is 383 Å². The molecule has 0 rings (SSSR count). The maximum atomic E-state index is 13.1. The summed E-state index contributed by atoms with van der Waals surface area (Å²) in [6.07, 6.45) is 50.1. The predicted octanol–water partition coefficient (Wildman–Crippen LogP) is 22.0. The molecular formula is C76H148O17P2. The summed E-state index contributed by atoms with van der Waals surface area (Å²) in [5, 5.41) is 10.6. The van der Waals surface area contributed by atoms with E-state index in [-0.39, 0.29) is 25.7 Å². The second-order valence-electron chi connectivity index (χ2n) is 29.1. The van der Waals surface area contributed by atoms with Crippen LogP contribution in [-0.4, -0.2) is 96.7 Å². The number of carbonyl (C=O) groups is 4. The molecule has 3 N–H and O–H groups in total. The van der Waals surface area contributed by atoms with Gasteiger partial charge in [0.1, 0.15) is 19.3 Å². The third-order valence-electron chi connectivity index (χ3n) is 17.9. The molecule has 0 aliphatic carbocycles. The summed E-state index contributed by atoms with van der Waals surface area (Å²) in [4.78, 5) is 72.8. The Bertz CT molecular complexity index is 1870. The third kappa shape index (κ3) is 69.0. The van der Waals surface area contributed by atoms with Crippen molar-refractivity contribution in [2.75, 3.05) is 39.6 Å². The molecule has 3 unspecified atom stereocenters. The van der Waals surface area contributed by atoms with E-state index < -0.39 is 97.5 Å². The monoisotopic (exact) mass is 1400 g/mol. The van der Waals surface area contributed by atoms with E-state index >= 15 is 0 Å². The Labute approximate surface area is 581 Å². The first-order valence-corrected chi connectivity index (χ1v) is 42.2. The lowest BCUT2D eigenvalue weighted by molar-refractivity contribution is -0.161. The van der Waals surface area contributed by atoms with Gasteiger partial charge in [-0.25, -0.2) is 9.13 Å². The van der Waals surface area contributed by atoms with E-state index in [4.69, 9.17) is 37.0 Å². The van der Waals surface area contributed by atoms with Gasteiger partial charge < -0.3 is 33.8 Å². The highest BCUT2D eigenvalue weighted by molar-refractivity contribution is 7.47. The predicted molar refractivity (Wildman–Crippen MR) is 386 cm³/mol. The smallest absolute Gasteiger partial charge is 0.462 e. The van der Waals surface area contributed by atoms with Crippen molar-refractivity contribution >= 4 is 39.5 Å². The summed E-state index contributed by atoms with van der Waals surface area (Å²) in [7, 11) is -9.91. The van der Waals surface area contributed by atoms with Gasteiger partial charge in [0.05, 0.1) is 26.4 Å². The van der Waals surface area contributed by atoms with Crippen LogP contribution in [0.3, 0.4) is 0 Å². The molecule has 0 bridgehead atoms. The Morgan fingerprint density at radius 3 is 0.747 bits per heavy atom. The molecule has 17 nitrogen and oxygen atoms in total. The van der Waals surface area contributed by atoms with Gasteiger partial charge in [0.25, 0.3) is 0 Å². The first-order chi connectivity index (χ1) is 45.6. The average molecular weight is 1400 g/mol. The van der Waals surface area contributed by atoms with Crippen LogP contribution in [0.4, 0.5) is 0 Å². The zero-order valence-corrected chi connectivity index (χ0v) is 64.1. The second kappa shape index (κ2) is 65.4. The molecule has 0 aliphatic rings. The molecule has 0 radical (unpaired) electrons. The van der Waals surface area contributed by atoms with Crippen LogP contribution in [0.25, 0.3) is 0 Å². The van der Waals surface area contributed by atoms with E-state index in [1.54, 1.807) is 0 Å². The van der Waals surface area contributed by atoms with Crippen molar-refractivity contribution < 1.29 is 80.2 Å². The molecule has 0 heterocycles. The fraction of sp³-hybridized carbons (Fsp3) is 0.947. The van der Waals surface area contributed by atoms with Gasteiger partial charge in [-0.1, -0.05) is 331 Å². The number of carbonyl (C=O) groups excluding carboxylic acids is 4. The molecule has 0 fully saturated rings. The van der Waals surface area contributed by atoms with E-state index in [0.29, 0.717) is 31.6 Å². The number of hydrogen-bond acceptors (Lipinski definition) is 15. The Morgan fingerprint density at radius 1 is 0.295 bits per heavy atom. The average Bonchev–Trinajstić information content (AvgIpc) is 1.53. The highest BCUT2D eigenvalue weighted by atomic mass is 31.2. The topological polar surface area (TPSA) is 237 Å². The molecular weight excluding hydrogens is 1250 g/mol. The summed E-state index contributed by atoms with van der Waals surface area (Å²) in [6, 6.07) is 0. The van der Waals surface area contributed by atoms with Gasteiger partial charge >= 0.3 is 39.5 Å². The molecule has 564 valence electrons. The van der Waals surface area contributed by atoms with Crippen LogP contribution < -0.4 is 0 Å². The molecule has 0 saturated carbocycles. The maximum absolute atomic E-state index is 13.1. The molecule has 0 saturated heterocycles. The van der Waals surface area contributed by atoms with Crippen molar-refractivity contribution in [1.29, 1.82) is 0 Å². The number of unbranched alkanes of at least 4 members (excludes halogenated alkanes) is 38. The van der Waals surface area contributed by atoms with Crippen molar-refractivity contribution in [3.8, 4) is 0 Å². The lowest BCUT2D eigenvalue weighted by Gasteiger charge is -2.21. The van der Waals surface area contributed by atoms with Crippen molar-refractivity contribution in [3.05, 3.63) is 0 Å². The molecule has 0 amide bonds. The summed E-state index contributed by atoms with van der Waals surface area (Å²) >= 11 is 0. The zero-order chi connectivity index (χ0) is 70.3. The molecule has 0 aromatic carbocycles. The molecule has 0 aromatic heterocycles. The standard InChI is InChI=1S/C76H148O17P2/c1-9-69(8)55-47-39-30-24-19-21-27-33-43-51-59-76(81)93-72(63-87-74(79)57-49-41-35-34-38-46-54-68(6)7)65-91-95(84,85)89-61-70(77)60-88-94(82,83)90-64-71(92-75(80)58-50-42-32-26-20-18-23-29-37-45-53-67(4)5)62-86-73(78)56-48-40-31-25-17-15-13-11-10-12-14-16-22-28-36-44-52-66(2)3/h66-72,77H,9-65H2,1-8H3,(H,82,83)(H,84,85)/t69?,70-,71-,72-/m1/s1. The van der Waals surface area contributed by atoms with Gasteiger partial charge in [-0.3, -0.25) is 37.3 Å². The number of aliphatic hydroxyl groups excluding tert-OH is 1. The van der Waals surface area contributed by atoms with Gasteiger partial charge in [0, 0.05) is 25.7 Å². The fourth-order valence-corrected chi connectivity index (χ4v) is 13.1. The number of ether oxygens (including phenoxy) is 4. The summed E-state index contributed by atoms with van der Waals surface area (Å²) in [5.41, 5.74) is 0. The zero-order valence-electron chi connectivity index (χ0n) is 62.3. The fourth-order valence-electron chi connectivity index (χ4n) is 11.5. The maximum Gasteiger partial charge on any atom is 0.472 e. The van der Waals surface area contributed by atoms with Crippen LogP contribution in [0.5, 0.6) is 0 Å². The van der Waals surface area contributed by atoms with Gasteiger partial charge in [0.15, 0.2) is 12.2 Å². The minimum absolute atomic E-state index is 0.105. The van der Waals surface area contributed by atoms with Crippen LogP contribution >= 0.6 is 15.6 Å². The molecule has 95 heavy (non-hydrogen) atoms. The Hall–Kier alpha value is -1.94. The number of esters is 4. The largest absolute Gasteiger partial charge is 0.472 e. The lowest BCUT2D eigenvalue weighted by atomic mass is 9.99. The van der Waals surface area contributed by atoms with Crippen LogP contribution in [-0.2, 0) is 65.4 Å². The summed E-state index contributed by atoms with van der Waals surface area (Å²) in [5.74, 6) is 0.924. The van der Waals surface area contributed by atoms with E-state index in [1.165, 1.54) is 180 Å². The van der Waals surface area contributed by atoms with E-state index in [2.05, 4.69) is 55.4 Å². The normalized spacial score (nSPS) is 14.4. The van der Waals surface area contributed by atoms with Gasteiger partial charge in [-0.05, 0) is 49.4 Å². The molecule has 6 atom stereocenters. The van der Waals surface area contributed by atoms with Crippen LogP contribution in [0.15, 0.2) is 0 Å². The number of phosphoric acid groups is 2. The molecule has 0 aliphatic heterocycles. The highest BCUT2D eigenvalue weighted by Gasteiger charge is 2.30.